The first-order valence-electron chi connectivity index (χ1n) is 8.79. The summed E-state index contributed by atoms with van der Waals surface area (Å²) in [6, 6.07) is 9.78. The fourth-order valence-electron chi connectivity index (χ4n) is 2.62. The van der Waals surface area contributed by atoms with Crippen LogP contribution in [-0.2, 0) is 20.9 Å². The Labute approximate surface area is 171 Å². The molecule has 10 nitrogen and oxygen atoms in total. The largest absolute Gasteiger partial charge is 0.497 e. The van der Waals surface area contributed by atoms with Crippen molar-refractivity contribution in [3.8, 4) is 17.2 Å². The molecule has 1 N–H and O–H groups in total. The number of benzene rings is 2. The predicted octanol–water partition coefficient (Wildman–Crippen LogP) is 2.20. The molecular weight excluding hydrogens is 396 g/mol. The molecule has 156 valence electrons. The van der Waals surface area contributed by atoms with Crippen molar-refractivity contribution in [1.29, 1.82) is 0 Å². The number of nitrogens with one attached hydrogen (secondary N) is 1. The molecule has 2 aromatic carbocycles. The maximum Gasteiger partial charge on any atom is 0.331 e. The first kappa shape index (κ1) is 20.6. The number of nitro groups is 1. The molecule has 0 atom stereocenters. The van der Waals surface area contributed by atoms with E-state index in [1.165, 1.54) is 18.2 Å². The molecular formula is C20H18N2O8. The fraction of sp³-hybridized carbons (Fsp3) is 0.200. The number of fused-ring (bicyclic) bond motifs is 1. The number of carbonyl (C=O) groups excluding carboxylic acids is 2. The number of nitro benzene ring substituents is 1. The number of esters is 1. The summed E-state index contributed by atoms with van der Waals surface area (Å²) in [5, 5.41) is 13.8. The third-order valence-electron chi connectivity index (χ3n) is 4.09. The van der Waals surface area contributed by atoms with Crippen molar-refractivity contribution in [2.45, 2.75) is 6.54 Å². The van der Waals surface area contributed by atoms with Crippen molar-refractivity contribution in [2.75, 3.05) is 20.5 Å². The Hall–Kier alpha value is -4.08. The van der Waals surface area contributed by atoms with E-state index in [1.54, 1.807) is 25.3 Å². The molecule has 1 aliphatic rings. The van der Waals surface area contributed by atoms with Gasteiger partial charge in [-0.25, -0.2) is 4.79 Å². The lowest BCUT2D eigenvalue weighted by Crippen LogP contribution is -2.28. The average molecular weight is 414 g/mol. The third-order valence-corrected chi connectivity index (χ3v) is 4.09. The molecule has 10 heteroatoms. The zero-order valence-corrected chi connectivity index (χ0v) is 16.0. The van der Waals surface area contributed by atoms with E-state index >= 15 is 0 Å². The summed E-state index contributed by atoms with van der Waals surface area (Å²) in [5.74, 6) is -0.0530. The van der Waals surface area contributed by atoms with Gasteiger partial charge in [-0.3, -0.25) is 14.9 Å². The fourth-order valence-corrected chi connectivity index (χ4v) is 2.62. The Morgan fingerprint density at radius 2 is 2.00 bits per heavy atom. The molecule has 0 saturated carbocycles. The Morgan fingerprint density at radius 3 is 2.73 bits per heavy atom. The van der Waals surface area contributed by atoms with E-state index in [2.05, 4.69) is 5.32 Å². The van der Waals surface area contributed by atoms with Gasteiger partial charge in [0.2, 0.25) is 6.79 Å². The van der Waals surface area contributed by atoms with Gasteiger partial charge in [-0.2, -0.15) is 0 Å². The van der Waals surface area contributed by atoms with Gasteiger partial charge in [0.15, 0.2) is 18.1 Å². The van der Waals surface area contributed by atoms with Crippen molar-refractivity contribution >= 4 is 23.6 Å². The summed E-state index contributed by atoms with van der Waals surface area (Å²) >= 11 is 0. The van der Waals surface area contributed by atoms with Crippen LogP contribution in [0, 0.1) is 10.1 Å². The van der Waals surface area contributed by atoms with Gasteiger partial charge >= 0.3 is 5.97 Å². The highest BCUT2D eigenvalue weighted by Gasteiger charge is 2.22. The van der Waals surface area contributed by atoms with Crippen LogP contribution in [0.15, 0.2) is 42.5 Å². The molecule has 0 radical (unpaired) electrons. The maximum absolute atomic E-state index is 11.9. The molecule has 0 saturated heterocycles. The molecule has 30 heavy (non-hydrogen) atoms. The van der Waals surface area contributed by atoms with Gasteiger partial charge in [-0.05, 0) is 29.8 Å². The molecule has 2 aromatic rings. The van der Waals surface area contributed by atoms with Crippen molar-refractivity contribution in [1.82, 2.24) is 5.32 Å². The van der Waals surface area contributed by atoms with Crippen LogP contribution in [0.25, 0.3) is 6.08 Å². The standard InChI is InChI=1S/C20H18N2O8/c1-27-15-4-2-3-13(7-15)10-21-19(23)11-28-20(24)6-5-14-8-17-18(30-12-29-17)9-16(14)22(25)26/h2-9H,10-12H2,1H3,(H,21,23)/b6-5+. The summed E-state index contributed by atoms with van der Waals surface area (Å²) in [5.41, 5.74) is 0.715. The highest BCUT2D eigenvalue weighted by Crippen LogP contribution is 2.38. The first-order valence-corrected chi connectivity index (χ1v) is 8.79. The van der Waals surface area contributed by atoms with E-state index < -0.39 is 23.4 Å². The van der Waals surface area contributed by atoms with E-state index in [1.807, 2.05) is 6.07 Å². The highest BCUT2D eigenvalue weighted by molar-refractivity contribution is 5.90. The van der Waals surface area contributed by atoms with Gasteiger partial charge in [0.05, 0.1) is 23.7 Å². The Bertz CT molecular complexity index is 1000. The van der Waals surface area contributed by atoms with Gasteiger partial charge in [-0.1, -0.05) is 12.1 Å². The van der Waals surface area contributed by atoms with Crippen molar-refractivity contribution < 1.29 is 33.5 Å². The second-order valence-electron chi connectivity index (χ2n) is 6.09. The summed E-state index contributed by atoms with van der Waals surface area (Å²) in [6.45, 7) is -0.282. The molecule has 0 aromatic heterocycles. The number of hydrogen-bond donors (Lipinski definition) is 1. The number of amides is 1. The number of ether oxygens (including phenoxy) is 4. The number of hydrogen-bond acceptors (Lipinski definition) is 8. The zero-order valence-electron chi connectivity index (χ0n) is 16.0. The average Bonchev–Trinajstić information content (AvgIpc) is 3.21. The molecule has 1 heterocycles. The van der Waals surface area contributed by atoms with Crippen molar-refractivity contribution in [3.05, 3.63) is 63.7 Å². The molecule has 0 fully saturated rings. The SMILES string of the molecule is COc1cccc(CNC(=O)COC(=O)/C=C/c2cc3c(cc2[N+](=O)[O-])OCO3)c1. The van der Waals surface area contributed by atoms with Crippen molar-refractivity contribution in [3.63, 3.8) is 0 Å². The van der Waals surface area contributed by atoms with E-state index in [-0.39, 0.29) is 30.3 Å². The minimum atomic E-state index is -0.821. The lowest BCUT2D eigenvalue weighted by Gasteiger charge is -2.07. The van der Waals surface area contributed by atoms with Gasteiger partial charge in [0.25, 0.3) is 11.6 Å². The van der Waals surface area contributed by atoms with Crippen LogP contribution in [0.4, 0.5) is 5.69 Å². The van der Waals surface area contributed by atoms with E-state index in [0.717, 1.165) is 11.6 Å². The van der Waals surface area contributed by atoms with E-state index in [9.17, 15) is 19.7 Å². The minimum Gasteiger partial charge on any atom is -0.497 e. The summed E-state index contributed by atoms with van der Waals surface area (Å²) in [4.78, 5) is 34.3. The van der Waals surface area contributed by atoms with Gasteiger partial charge in [0.1, 0.15) is 5.75 Å². The van der Waals surface area contributed by atoms with E-state index in [4.69, 9.17) is 18.9 Å². The van der Waals surface area contributed by atoms with Crippen LogP contribution in [-0.4, -0.2) is 37.3 Å². The molecule has 1 aliphatic heterocycles. The number of methoxy groups -OCH3 is 1. The number of nitrogens with zero attached hydrogens (tertiary/aromatic N) is 1. The smallest absolute Gasteiger partial charge is 0.331 e. The normalized spacial score (nSPS) is 11.9. The van der Waals surface area contributed by atoms with Crippen LogP contribution >= 0.6 is 0 Å². The monoisotopic (exact) mass is 414 g/mol. The van der Waals surface area contributed by atoms with Gasteiger partial charge in [-0.15, -0.1) is 0 Å². The topological polar surface area (TPSA) is 126 Å². The lowest BCUT2D eigenvalue weighted by atomic mass is 10.1. The lowest BCUT2D eigenvalue weighted by molar-refractivity contribution is -0.385. The van der Waals surface area contributed by atoms with Crippen LogP contribution in [0.3, 0.4) is 0 Å². The van der Waals surface area contributed by atoms with Crippen LogP contribution < -0.4 is 19.5 Å². The summed E-state index contributed by atoms with van der Waals surface area (Å²) < 4.78 is 20.3. The number of carbonyl (C=O) groups is 2. The highest BCUT2D eigenvalue weighted by atomic mass is 16.7. The van der Waals surface area contributed by atoms with Crippen LogP contribution in [0.2, 0.25) is 0 Å². The van der Waals surface area contributed by atoms with Crippen LogP contribution in [0.5, 0.6) is 17.2 Å². The van der Waals surface area contributed by atoms with Gasteiger partial charge in [0, 0.05) is 12.6 Å². The molecule has 0 bridgehead atoms. The summed E-state index contributed by atoms with van der Waals surface area (Å²) in [6.07, 6.45) is 2.22. The second kappa shape index (κ2) is 9.41. The zero-order chi connectivity index (χ0) is 21.5. The molecule has 1 amide bonds. The van der Waals surface area contributed by atoms with Crippen LogP contribution in [0.1, 0.15) is 11.1 Å². The van der Waals surface area contributed by atoms with Crippen molar-refractivity contribution in [2.24, 2.45) is 0 Å². The van der Waals surface area contributed by atoms with E-state index in [0.29, 0.717) is 11.5 Å². The molecule has 0 aliphatic carbocycles. The number of rotatable bonds is 8. The predicted molar refractivity (Wildman–Crippen MR) is 104 cm³/mol. The first-order chi connectivity index (χ1) is 14.5. The quantitative estimate of drug-likeness (QED) is 0.302. The maximum atomic E-state index is 11.9. The minimum absolute atomic E-state index is 0.0351. The molecule has 0 unspecified atom stereocenters. The summed E-state index contributed by atoms with van der Waals surface area (Å²) in [7, 11) is 1.54. The Kier molecular flexibility index (Phi) is 6.48. The Balaban J connectivity index is 1.52. The third kappa shape index (κ3) is 5.25. The Morgan fingerprint density at radius 1 is 1.23 bits per heavy atom. The second-order valence-corrected chi connectivity index (χ2v) is 6.09. The molecule has 0 spiro atoms. The van der Waals surface area contributed by atoms with Gasteiger partial charge < -0.3 is 24.3 Å². The molecule has 3 rings (SSSR count).